The zero-order valence-corrected chi connectivity index (χ0v) is 8.39. The highest BCUT2D eigenvalue weighted by Crippen LogP contribution is 2.28. The number of ether oxygens (including phenoxy) is 1. The van der Waals surface area contributed by atoms with Crippen LogP contribution < -0.4 is 10.2 Å². The second kappa shape index (κ2) is 3.39. The molecule has 0 radical (unpaired) electrons. The van der Waals surface area contributed by atoms with Crippen LogP contribution in [0.2, 0.25) is 0 Å². The minimum atomic E-state index is 0.0691. The molecule has 2 saturated heterocycles. The molecule has 15 heavy (non-hydrogen) atoms. The van der Waals surface area contributed by atoms with Crippen molar-refractivity contribution in [2.24, 2.45) is 0 Å². The first-order chi connectivity index (χ1) is 7.41. The SMILES string of the molecule is c1ncnc(N2CCNCC23COC3)n1. The highest BCUT2D eigenvalue weighted by Gasteiger charge is 2.46. The van der Waals surface area contributed by atoms with Crippen LogP contribution in [0.25, 0.3) is 0 Å². The second-order valence-electron chi connectivity index (χ2n) is 3.98. The topological polar surface area (TPSA) is 63.2 Å². The quantitative estimate of drug-likeness (QED) is 0.640. The molecule has 0 amide bonds. The van der Waals surface area contributed by atoms with E-state index in [-0.39, 0.29) is 5.54 Å². The minimum absolute atomic E-state index is 0.0691. The molecule has 0 aliphatic carbocycles. The van der Waals surface area contributed by atoms with E-state index in [9.17, 15) is 0 Å². The summed E-state index contributed by atoms with van der Waals surface area (Å²) in [7, 11) is 0. The summed E-state index contributed by atoms with van der Waals surface area (Å²) < 4.78 is 5.31. The molecule has 1 N–H and O–H groups in total. The van der Waals surface area contributed by atoms with Gasteiger partial charge in [0.05, 0.1) is 13.2 Å². The Kier molecular flexibility index (Phi) is 2.03. The maximum Gasteiger partial charge on any atom is 0.229 e. The van der Waals surface area contributed by atoms with Crippen molar-refractivity contribution in [3.05, 3.63) is 12.7 Å². The Balaban J connectivity index is 1.89. The fraction of sp³-hybridized carbons (Fsp3) is 0.667. The maximum absolute atomic E-state index is 5.31. The van der Waals surface area contributed by atoms with Gasteiger partial charge >= 0.3 is 0 Å². The lowest BCUT2D eigenvalue weighted by Crippen LogP contribution is -2.71. The molecule has 2 aliphatic heterocycles. The monoisotopic (exact) mass is 207 g/mol. The summed E-state index contributed by atoms with van der Waals surface area (Å²) in [6, 6.07) is 0. The molecule has 1 spiro atoms. The Morgan fingerprint density at radius 2 is 2.13 bits per heavy atom. The maximum atomic E-state index is 5.31. The summed E-state index contributed by atoms with van der Waals surface area (Å²) >= 11 is 0. The molecule has 6 nitrogen and oxygen atoms in total. The van der Waals surface area contributed by atoms with E-state index in [0.29, 0.717) is 0 Å². The molecular formula is C9H13N5O. The fourth-order valence-corrected chi connectivity index (χ4v) is 2.12. The van der Waals surface area contributed by atoms with Crippen molar-refractivity contribution < 1.29 is 4.74 Å². The lowest BCUT2D eigenvalue weighted by molar-refractivity contribution is -0.0622. The first-order valence-corrected chi connectivity index (χ1v) is 5.09. The third-order valence-corrected chi connectivity index (χ3v) is 3.00. The van der Waals surface area contributed by atoms with Crippen LogP contribution in [-0.4, -0.2) is 53.3 Å². The summed E-state index contributed by atoms with van der Waals surface area (Å²) in [5.74, 6) is 0.759. The van der Waals surface area contributed by atoms with Gasteiger partial charge in [-0.2, -0.15) is 0 Å². The van der Waals surface area contributed by atoms with Crippen molar-refractivity contribution in [3.8, 4) is 0 Å². The van der Waals surface area contributed by atoms with Crippen molar-refractivity contribution in [1.29, 1.82) is 0 Å². The van der Waals surface area contributed by atoms with E-state index in [2.05, 4.69) is 25.2 Å². The largest absolute Gasteiger partial charge is 0.376 e. The molecular weight excluding hydrogens is 194 g/mol. The van der Waals surface area contributed by atoms with Gasteiger partial charge in [-0.1, -0.05) is 0 Å². The molecule has 80 valence electrons. The minimum Gasteiger partial charge on any atom is -0.376 e. The second-order valence-corrected chi connectivity index (χ2v) is 3.98. The predicted molar refractivity (Wildman–Crippen MR) is 53.6 cm³/mol. The van der Waals surface area contributed by atoms with Crippen LogP contribution >= 0.6 is 0 Å². The fourth-order valence-electron chi connectivity index (χ4n) is 2.12. The first kappa shape index (κ1) is 8.99. The number of nitrogens with one attached hydrogen (secondary N) is 1. The molecule has 2 fully saturated rings. The van der Waals surface area contributed by atoms with Gasteiger partial charge in [0, 0.05) is 19.6 Å². The molecule has 0 aromatic carbocycles. The molecule has 3 heterocycles. The Morgan fingerprint density at radius 3 is 2.80 bits per heavy atom. The number of nitrogens with zero attached hydrogens (tertiary/aromatic N) is 4. The summed E-state index contributed by atoms with van der Waals surface area (Å²) in [6.45, 7) is 4.34. The Bertz CT molecular complexity index is 340. The van der Waals surface area contributed by atoms with Gasteiger partial charge in [0.2, 0.25) is 5.95 Å². The van der Waals surface area contributed by atoms with E-state index in [1.54, 1.807) is 0 Å². The lowest BCUT2D eigenvalue weighted by atomic mass is 9.93. The molecule has 1 aromatic rings. The summed E-state index contributed by atoms with van der Waals surface area (Å²) in [4.78, 5) is 14.5. The Hall–Kier alpha value is -1.27. The van der Waals surface area contributed by atoms with Gasteiger partial charge in [-0.15, -0.1) is 0 Å². The van der Waals surface area contributed by atoms with Crippen molar-refractivity contribution >= 4 is 5.95 Å². The zero-order chi connectivity index (χ0) is 10.1. The predicted octanol–water partition coefficient (Wildman–Crippen LogP) is -0.950. The van der Waals surface area contributed by atoms with Gasteiger partial charge in [-0.25, -0.2) is 15.0 Å². The van der Waals surface area contributed by atoms with Crippen molar-refractivity contribution in [3.63, 3.8) is 0 Å². The van der Waals surface area contributed by atoms with Gasteiger partial charge < -0.3 is 15.0 Å². The number of piperazine rings is 1. The van der Waals surface area contributed by atoms with E-state index in [4.69, 9.17) is 4.74 Å². The van der Waals surface area contributed by atoms with Crippen LogP contribution in [0.4, 0.5) is 5.95 Å². The normalized spacial score (nSPS) is 23.9. The molecule has 6 heteroatoms. The molecule has 0 atom stereocenters. The van der Waals surface area contributed by atoms with Gasteiger partial charge in [0.25, 0.3) is 0 Å². The molecule has 1 aromatic heterocycles. The zero-order valence-electron chi connectivity index (χ0n) is 8.39. The van der Waals surface area contributed by atoms with E-state index >= 15 is 0 Å². The lowest BCUT2D eigenvalue weighted by Gasteiger charge is -2.52. The number of rotatable bonds is 1. The van der Waals surface area contributed by atoms with E-state index in [1.165, 1.54) is 12.7 Å². The summed E-state index contributed by atoms with van der Waals surface area (Å²) in [5, 5.41) is 3.38. The number of hydrogen-bond donors (Lipinski definition) is 1. The van der Waals surface area contributed by atoms with E-state index in [0.717, 1.165) is 38.8 Å². The van der Waals surface area contributed by atoms with E-state index in [1.807, 2.05) is 0 Å². The highest BCUT2D eigenvalue weighted by atomic mass is 16.5. The van der Waals surface area contributed by atoms with Crippen molar-refractivity contribution in [1.82, 2.24) is 20.3 Å². The average molecular weight is 207 g/mol. The smallest absolute Gasteiger partial charge is 0.229 e. The van der Waals surface area contributed by atoms with Crippen LogP contribution in [0, 0.1) is 0 Å². The first-order valence-electron chi connectivity index (χ1n) is 5.09. The van der Waals surface area contributed by atoms with Crippen LogP contribution in [0.5, 0.6) is 0 Å². The summed E-state index contributed by atoms with van der Waals surface area (Å²) in [6.07, 6.45) is 3.08. The third-order valence-electron chi connectivity index (χ3n) is 3.00. The van der Waals surface area contributed by atoms with Crippen molar-refractivity contribution in [2.45, 2.75) is 5.54 Å². The highest BCUT2D eigenvalue weighted by molar-refractivity contribution is 5.37. The van der Waals surface area contributed by atoms with Gasteiger partial charge in [0.1, 0.15) is 18.2 Å². The molecule has 0 unspecified atom stereocenters. The Labute approximate surface area is 87.7 Å². The third kappa shape index (κ3) is 1.37. The molecule has 0 saturated carbocycles. The summed E-state index contributed by atoms with van der Waals surface area (Å²) in [5.41, 5.74) is 0.0691. The van der Waals surface area contributed by atoms with Gasteiger partial charge in [-0.05, 0) is 0 Å². The standard InChI is InChI=1S/C9H13N5O/c1-2-14(8-12-6-11-7-13-8)9(3-10-1)4-15-5-9/h6-7,10H,1-5H2. The van der Waals surface area contributed by atoms with Gasteiger partial charge in [-0.3, -0.25) is 0 Å². The number of aromatic nitrogens is 3. The molecule has 0 bridgehead atoms. The van der Waals surface area contributed by atoms with Crippen LogP contribution in [0.1, 0.15) is 0 Å². The molecule has 3 rings (SSSR count). The van der Waals surface area contributed by atoms with Gasteiger partial charge in [0.15, 0.2) is 0 Å². The average Bonchev–Trinajstić information content (AvgIpc) is 2.28. The van der Waals surface area contributed by atoms with Crippen LogP contribution in [-0.2, 0) is 4.74 Å². The van der Waals surface area contributed by atoms with Crippen molar-refractivity contribution in [2.75, 3.05) is 37.7 Å². The Morgan fingerprint density at radius 1 is 1.33 bits per heavy atom. The van der Waals surface area contributed by atoms with E-state index < -0.39 is 0 Å². The number of hydrogen-bond acceptors (Lipinski definition) is 6. The van der Waals surface area contributed by atoms with Crippen LogP contribution in [0.3, 0.4) is 0 Å². The molecule has 2 aliphatic rings. The van der Waals surface area contributed by atoms with Crippen LogP contribution in [0.15, 0.2) is 12.7 Å². The number of anilines is 1.